The third-order valence-corrected chi connectivity index (χ3v) is 2.01. The van der Waals surface area contributed by atoms with Crippen LogP contribution in [0.4, 0.5) is 17.6 Å². The largest absolute Gasteiger partial charge is 0.394 e. The Balaban J connectivity index is 2.70. The zero-order chi connectivity index (χ0) is 11.0. The lowest BCUT2D eigenvalue weighted by atomic mass is 9.97. The third-order valence-electron chi connectivity index (χ3n) is 2.01. The van der Waals surface area contributed by atoms with Crippen LogP contribution < -0.4 is 5.32 Å². The maximum atomic E-state index is 13.4. The first-order valence-corrected chi connectivity index (χ1v) is 3.94. The molecular weight excluding hydrogens is 206 g/mol. The van der Waals surface area contributed by atoms with Crippen LogP contribution in [0.1, 0.15) is 12.8 Å². The molecule has 0 radical (unpaired) electrons. The van der Waals surface area contributed by atoms with Crippen LogP contribution in [-0.2, 0) is 4.79 Å². The number of hydrogen-bond donors (Lipinski definition) is 2. The molecule has 0 aliphatic carbocycles. The Kier molecular flexibility index (Phi) is 2.71. The standard InChI is InChI=1S/C7H9F4NO2/c8-6(3-7(9,10)11)1-4(2-13)12-5(6)14/h4,13H,1-3H2,(H,12,14)/t4-,6+/m0/s1. The van der Waals surface area contributed by atoms with Crippen LogP contribution in [0.25, 0.3) is 0 Å². The molecule has 1 aliphatic rings. The van der Waals surface area contributed by atoms with Crippen molar-refractivity contribution >= 4 is 5.91 Å². The molecule has 7 heteroatoms. The molecule has 1 heterocycles. The highest BCUT2D eigenvalue weighted by Crippen LogP contribution is 2.36. The average Bonchev–Trinajstić information content (AvgIpc) is 2.24. The summed E-state index contributed by atoms with van der Waals surface area (Å²) >= 11 is 0. The molecule has 1 aliphatic heterocycles. The van der Waals surface area contributed by atoms with Gasteiger partial charge in [-0.15, -0.1) is 0 Å². The molecule has 0 spiro atoms. The summed E-state index contributed by atoms with van der Waals surface area (Å²) in [5.74, 6) is -1.30. The number of aliphatic hydroxyl groups excluding tert-OH is 1. The number of halogens is 4. The van der Waals surface area contributed by atoms with E-state index in [9.17, 15) is 22.4 Å². The summed E-state index contributed by atoms with van der Waals surface area (Å²) in [5, 5.41) is 10.5. The summed E-state index contributed by atoms with van der Waals surface area (Å²) in [6.45, 7) is -0.560. The van der Waals surface area contributed by atoms with Crippen molar-refractivity contribution < 1.29 is 27.5 Å². The van der Waals surface area contributed by atoms with E-state index in [1.165, 1.54) is 0 Å². The number of alkyl halides is 4. The molecule has 82 valence electrons. The first-order valence-electron chi connectivity index (χ1n) is 3.94. The first-order chi connectivity index (χ1) is 6.27. The summed E-state index contributed by atoms with van der Waals surface area (Å²) < 4.78 is 49.0. The zero-order valence-corrected chi connectivity index (χ0v) is 7.07. The van der Waals surface area contributed by atoms with Crippen molar-refractivity contribution in [1.82, 2.24) is 5.32 Å². The molecule has 0 saturated carbocycles. The van der Waals surface area contributed by atoms with Gasteiger partial charge in [-0.3, -0.25) is 4.79 Å². The highest BCUT2D eigenvalue weighted by atomic mass is 19.4. The van der Waals surface area contributed by atoms with Gasteiger partial charge in [-0.1, -0.05) is 0 Å². The first kappa shape index (κ1) is 11.2. The third kappa shape index (κ3) is 2.34. The molecule has 0 aromatic heterocycles. The van der Waals surface area contributed by atoms with Gasteiger partial charge in [0.05, 0.1) is 19.1 Å². The van der Waals surface area contributed by atoms with Crippen molar-refractivity contribution in [2.45, 2.75) is 30.7 Å². The molecule has 1 saturated heterocycles. The molecule has 0 bridgehead atoms. The van der Waals surface area contributed by atoms with Crippen LogP contribution >= 0.6 is 0 Å². The van der Waals surface area contributed by atoms with Crippen LogP contribution in [0, 0.1) is 0 Å². The van der Waals surface area contributed by atoms with Gasteiger partial charge in [0.2, 0.25) is 0 Å². The lowest BCUT2D eigenvalue weighted by Gasteiger charge is -2.17. The quantitative estimate of drug-likeness (QED) is 0.660. The number of carbonyl (C=O) groups is 1. The monoisotopic (exact) mass is 215 g/mol. The topological polar surface area (TPSA) is 49.3 Å². The summed E-state index contributed by atoms with van der Waals surface area (Å²) in [7, 11) is 0. The van der Waals surface area contributed by atoms with Crippen molar-refractivity contribution in [3.63, 3.8) is 0 Å². The van der Waals surface area contributed by atoms with Gasteiger partial charge in [0.15, 0.2) is 5.67 Å². The predicted octanol–water partition coefficient (Wildman–Crippen LogP) is 0.528. The van der Waals surface area contributed by atoms with Gasteiger partial charge in [0, 0.05) is 6.42 Å². The Bertz CT molecular complexity index is 242. The van der Waals surface area contributed by atoms with Crippen molar-refractivity contribution in [1.29, 1.82) is 0 Å². The summed E-state index contributed by atoms with van der Waals surface area (Å²) in [6, 6.07) is -0.921. The fourth-order valence-electron chi connectivity index (χ4n) is 1.43. The minimum absolute atomic E-state index is 0.560. The van der Waals surface area contributed by atoms with Gasteiger partial charge in [-0.05, 0) is 0 Å². The molecule has 1 amide bonds. The van der Waals surface area contributed by atoms with Gasteiger partial charge in [0.25, 0.3) is 5.91 Å². The number of aliphatic hydroxyl groups is 1. The number of amides is 1. The maximum Gasteiger partial charge on any atom is 0.392 e. The fourth-order valence-corrected chi connectivity index (χ4v) is 1.43. The van der Waals surface area contributed by atoms with Crippen LogP contribution in [0.3, 0.4) is 0 Å². The molecule has 0 unspecified atom stereocenters. The van der Waals surface area contributed by atoms with E-state index < -0.39 is 43.2 Å². The number of hydrogen-bond acceptors (Lipinski definition) is 2. The van der Waals surface area contributed by atoms with Gasteiger partial charge < -0.3 is 10.4 Å². The Labute approximate surface area is 77.1 Å². The van der Waals surface area contributed by atoms with E-state index in [4.69, 9.17) is 5.11 Å². The summed E-state index contributed by atoms with van der Waals surface area (Å²) in [4.78, 5) is 10.8. The van der Waals surface area contributed by atoms with E-state index >= 15 is 0 Å². The highest BCUT2D eigenvalue weighted by molar-refractivity contribution is 5.87. The van der Waals surface area contributed by atoms with Gasteiger partial charge in [0.1, 0.15) is 0 Å². The molecule has 3 nitrogen and oxygen atoms in total. The van der Waals surface area contributed by atoms with Gasteiger partial charge in [-0.25, -0.2) is 4.39 Å². The minimum Gasteiger partial charge on any atom is -0.394 e. The zero-order valence-electron chi connectivity index (χ0n) is 7.07. The summed E-state index contributed by atoms with van der Waals surface area (Å²) in [5.41, 5.74) is -2.92. The van der Waals surface area contributed by atoms with E-state index in [0.717, 1.165) is 0 Å². The summed E-state index contributed by atoms with van der Waals surface area (Å²) in [6.07, 6.45) is -7.17. The van der Waals surface area contributed by atoms with Crippen LogP contribution in [0.15, 0.2) is 0 Å². The number of carbonyl (C=O) groups excluding carboxylic acids is 1. The highest BCUT2D eigenvalue weighted by Gasteiger charge is 2.53. The second kappa shape index (κ2) is 3.38. The SMILES string of the molecule is O=C1N[C@H](CO)C[C@@]1(F)CC(F)(F)F. The van der Waals surface area contributed by atoms with E-state index in [-0.39, 0.29) is 0 Å². The minimum atomic E-state index is -4.73. The smallest absolute Gasteiger partial charge is 0.392 e. The van der Waals surface area contributed by atoms with Crippen LogP contribution in [-0.4, -0.2) is 35.5 Å². The Morgan fingerprint density at radius 2 is 2.14 bits per heavy atom. The average molecular weight is 215 g/mol. The molecule has 1 rings (SSSR count). The van der Waals surface area contributed by atoms with E-state index in [1.54, 1.807) is 0 Å². The van der Waals surface area contributed by atoms with Gasteiger partial charge in [-0.2, -0.15) is 13.2 Å². The lowest BCUT2D eigenvalue weighted by Crippen LogP contribution is -2.38. The van der Waals surface area contributed by atoms with Gasteiger partial charge >= 0.3 is 6.18 Å². The van der Waals surface area contributed by atoms with Crippen molar-refractivity contribution in [3.8, 4) is 0 Å². The Morgan fingerprint density at radius 1 is 1.57 bits per heavy atom. The Morgan fingerprint density at radius 3 is 2.50 bits per heavy atom. The van der Waals surface area contributed by atoms with Crippen molar-refractivity contribution in [3.05, 3.63) is 0 Å². The molecule has 2 atom stereocenters. The molecule has 1 fully saturated rings. The van der Waals surface area contributed by atoms with E-state index in [0.29, 0.717) is 0 Å². The molecular formula is C7H9F4NO2. The van der Waals surface area contributed by atoms with Crippen molar-refractivity contribution in [2.75, 3.05) is 6.61 Å². The van der Waals surface area contributed by atoms with Crippen LogP contribution in [0.2, 0.25) is 0 Å². The van der Waals surface area contributed by atoms with E-state index in [2.05, 4.69) is 0 Å². The maximum absolute atomic E-state index is 13.4. The molecule has 0 aromatic carbocycles. The number of rotatable bonds is 2. The molecule has 0 aromatic rings. The van der Waals surface area contributed by atoms with Crippen molar-refractivity contribution in [2.24, 2.45) is 0 Å². The molecule has 14 heavy (non-hydrogen) atoms. The fraction of sp³-hybridized carbons (Fsp3) is 0.857. The van der Waals surface area contributed by atoms with E-state index in [1.807, 2.05) is 5.32 Å². The Hall–Kier alpha value is -0.850. The number of nitrogens with one attached hydrogen (secondary N) is 1. The normalized spacial score (nSPS) is 33.2. The second-order valence-electron chi connectivity index (χ2n) is 3.31. The predicted molar refractivity (Wildman–Crippen MR) is 38.1 cm³/mol. The second-order valence-corrected chi connectivity index (χ2v) is 3.31. The van der Waals surface area contributed by atoms with Crippen LogP contribution in [0.5, 0.6) is 0 Å². The lowest BCUT2D eigenvalue weighted by molar-refractivity contribution is -0.168. The molecule has 2 N–H and O–H groups in total.